The second kappa shape index (κ2) is 8.86. The maximum absolute atomic E-state index is 11.2. The standard InChI is InChI=1S/C28H32O/c1-20(22-12-6-3-7-13-22)26-18-25(24-16-10-5-11-17-24)19-27(29)28(26)21(2)23-14-8-4-9-15-23/h3-4,6-9,12-15,18-21,24,29H,5,10-11,16-17H2,1-2H3. The molecular formula is C28H32O. The molecule has 1 nitrogen and oxygen atoms in total. The molecule has 0 amide bonds. The summed E-state index contributed by atoms with van der Waals surface area (Å²) < 4.78 is 0. The first-order chi connectivity index (χ1) is 14.1. The minimum Gasteiger partial charge on any atom is -0.508 e. The molecule has 150 valence electrons. The first-order valence-corrected chi connectivity index (χ1v) is 11.1. The zero-order chi connectivity index (χ0) is 20.2. The second-order valence-corrected chi connectivity index (χ2v) is 8.64. The van der Waals surface area contributed by atoms with Gasteiger partial charge in [0.25, 0.3) is 0 Å². The SMILES string of the molecule is CC(c1ccccc1)c1cc(C2CCCCC2)cc(O)c1C(C)c1ccccc1. The fourth-order valence-corrected chi connectivity index (χ4v) is 5.01. The van der Waals surface area contributed by atoms with E-state index in [1.54, 1.807) is 0 Å². The topological polar surface area (TPSA) is 20.2 Å². The summed E-state index contributed by atoms with van der Waals surface area (Å²) in [6.45, 7) is 4.49. The van der Waals surface area contributed by atoms with Gasteiger partial charge in [-0.25, -0.2) is 0 Å². The van der Waals surface area contributed by atoms with Gasteiger partial charge in [-0.15, -0.1) is 0 Å². The maximum atomic E-state index is 11.2. The molecule has 1 fully saturated rings. The van der Waals surface area contributed by atoms with Gasteiger partial charge < -0.3 is 5.11 Å². The molecule has 2 unspecified atom stereocenters. The Morgan fingerprint density at radius 2 is 1.28 bits per heavy atom. The molecule has 1 aliphatic carbocycles. The van der Waals surface area contributed by atoms with Gasteiger partial charge in [0, 0.05) is 17.4 Å². The van der Waals surface area contributed by atoms with E-state index in [1.807, 2.05) is 0 Å². The highest BCUT2D eigenvalue weighted by Crippen LogP contribution is 2.43. The number of hydrogen-bond donors (Lipinski definition) is 1. The van der Waals surface area contributed by atoms with E-state index >= 15 is 0 Å². The predicted molar refractivity (Wildman–Crippen MR) is 122 cm³/mol. The van der Waals surface area contributed by atoms with E-state index in [-0.39, 0.29) is 11.8 Å². The van der Waals surface area contributed by atoms with Gasteiger partial charge in [0.2, 0.25) is 0 Å². The van der Waals surface area contributed by atoms with Gasteiger partial charge in [-0.05, 0) is 47.1 Å². The van der Waals surface area contributed by atoms with Crippen LogP contribution in [0.3, 0.4) is 0 Å². The highest BCUT2D eigenvalue weighted by Gasteiger charge is 2.25. The predicted octanol–water partition coefficient (Wildman–Crippen LogP) is 7.74. The summed E-state index contributed by atoms with van der Waals surface area (Å²) in [7, 11) is 0. The van der Waals surface area contributed by atoms with Crippen LogP contribution in [0.15, 0.2) is 72.8 Å². The summed E-state index contributed by atoms with van der Waals surface area (Å²) in [5.41, 5.74) is 6.22. The van der Waals surface area contributed by atoms with Gasteiger partial charge in [-0.1, -0.05) is 99.8 Å². The Labute approximate surface area is 175 Å². The minimum atomic E-state index is 0.151. The van der Waals surface area contributed by atoms with Gasteiger partial charge in [0.1, 0.15) is 5.75 Å². The number of hydrogen-bond acceptors (Lipinski definition) is 1. The first-order valence-electron chi connectivity index (χ1n) is 11.1. The molecule has 0 saturated heterocycles. The monoisotopic (exact) mass is 384 g/mol. The van der Waals surface area contributed by atoms with Crippen molar-refractivity contribution >= 4 is 0 Å². The maximum Gasteiger partial charge on any atom is 0.119 e. The Bertz CT molecular complexity index is 923. The van der Waals surface area contributed by atoms with Crippen LogP contribution in [-0.2, 0) is 0 Å². The van der Waals surface area contributed by atoms with E-state index < -0.39 is 0 Å². The molecule has 1 saturated carbocycles. The lowest BCUT2D eigenvalue weighted by molar-refractivity contribution is 0.435. The average Bonchev–Trinajstić information content (AvgIpc) is 2.79. The van der Waals surface area contributed by atoms with Crippen LogP contribution in [0, 0.1) is 0 Å². The first kappa shape index (κ1) is 19.8. The number of phenolic OH excluding ortho intramolecular Hbond substituents is 1. The number of rotatable bonds is 5. The van der Waals surface area contributed by atoms with Gasteiger partial charge in [-0.3, -0.25) is 0 Å². The summed E-state index contributed by atoms with van der Waals surface area (Å²) in [6, 6.07) is 25.7. The number of aromatic hydroxyl groups is 1. The number of phenols is 1. The summed E-state index contributed by atoms with van der Waals surface area (Å²) in [5, 5.41) is 11.2. The largest absolute Gasteiger partial charge is 0.508 e. The van der Waals surface area contributed by atoms with Crippen LogP contribution in [-0.4, -0.2) is 5.11 Å². The minimum absolute atomic E-state index is 0.151. The van der Waals surface area contributed by atoms with Crippen LogP contribution >= 0.6 is 0 Å². The Kier molecular flexibility index (Phi) is 6.04. The molecule has 0 spiro atoms. The summed E-state index contributed by atoms with van der Waals surface area (Å²) in [5.74, 6) is 1.43. The third-order valence-corrected chi connectivity index (χ3v) is 6.79. The van der Waals surface area contributed by atoms with Gasteiger partial charge in [0.05, 0.1) is 0 Å². The third-order valence-electron chi connectivity index (χ3n) is 6.79. The molecule has 3 aromatic carbocycles. The molecule has 0 aliphatic heterocycles. The zero-order valence-corrected chi connectivity index (χ0v) is 17.6. The Balaban J connectivity index is 1.82. The third kappa shape index (κ3) is 4.24. The molecule has 0 radical (unpaired) electrons. The van der Waals surface area contributed by atoms with E-state index in [0.717, 1.165) is 5.56 Å². The summed E-state index contributed by atoms with van der Waals surface area (Å²) in [4.78, 5) is 0. The second-order valence-electron chi connectivity index (χ2n) is 8.64. The Morgan fingerprint density at radius 1 is 0.724 bits per heavy atom. The molecule has 0 aromatic heterocycles. The lowest BCUT2D eigenvalue weighted by atomic mass is 9.77. The van der Waals surface area contributed by atoms with E-state index in [0.29, 0.717) is 11.7 Å². The Morgan fingerprint density at radius 3 is 1.86 bits per heavy atom. The van der Waals surface area contributed by atoms with Crippen molar-refractivity contribution in [3.63, 3.8) is 0 Å². The Hall–Kier alpha value is -2.54. The van der Waals surface area contributed by atoms with Crippen molar-refractivity contribution in [1.82, 2.24) is 0 Å². The van der Waals surface area contributed by atoms with E-state index in [1.165, 1.54) is 54.4 Å². The quantitative estimate of drug-likeness (QED) is 0.477. The van der Waals surface area contributed by atoms with Crippen LogP contribution in [0.1, 0.15) is 91.5 Å². The average molecular weight is 385 g/mol. The van der Waals surface area contributed by atoms with Crippen molar-refractivity contribution in [1.29, 1.82) is 0 Å². The molecule has 0 bridgehead atoms. The van der Waals surface area contributed by atoms with Crippen molar-refractivity contribution in [2.75, 3.05) is 0 Å². The van der Waals surface area contributed by atoms with Gasteiger partial charge in [-0.2, -0.15) is 0 Å². The van der Waals surface area contributed by atoms with Crippen LogP contribution in [0.25, 0.3) is 0 Å². The van der Waals surface area contributed by atoms with Crippen molar-refractivity contribution < 1.29 is 5.11 Å². The molecule has 2 atom stereocenters. The molecule has 4 rings (SSSR count). The normalized spacial score (nSPS) is 17.0. The van der Waals surface area contributed by atoms with E-state index in [4.69, 9.17) is 0 Å². The number of benzene rings is 3. The van der Waals surface area contributed by atoms with Gasteiger partial charge in [0.15, 0.2) is 0 Å². The van der Waals surface area contributed by atoms with Crippen LogP contribution in [0.2, 0.25) is 0 Å². The molecule has 1 heteroatoms. The van der Waals surface area contributed by atoms with Gasteiger partial charge >= 0.3 is 0 Å². The van der Waals surface area contributed by atoms with Crippen molar-refractivity contribution in [2.24, 2.45) is 0 Å². The molecule has 1 aliphatic rings. The molecular weight excluding hydrogens is 352 g/mol. The smallest absolute Gasteiger partial charge is 0.119 e. The van der Waals surface area contributed by atoms with Crippen LogP contribution in [0.4, 0.5) is 0 Å². The summed E-state index contributed by atoms with van der Waals surface area (Å²) in [6.07, 6.45) is 6.44. The van der Waals surface area contributed by atoms with Crippen molar-refractivity contribution in [2.45, 2.75) is 63.7 Å². The van der Waals surface area contributed by atoms with Crippen molar-refractivity contribution in [3.05, 3.63) is 101 Å². The van der Waals surface area contributed by atoms with Crippen LogP contribution in [0.5, 0.6) is 5.75 Å². The van der Waals surface area contributed by atoms with E-state index in [2.05, 4.69) is 86.6 Å². The lowest BCUT2D eigenvalue weighted by Gasteiger charge is -2.27. The van der Waals surface area contributed by atoms with Crippen molar-refractivity contribution in [3.8, 4) is 5.75 Å². The zero-order valence-electron chi connectivity index (χ0n) is 17.6. The molecule has 29 heavy (non-hydrogen) atoms. The fraction of sp³-hybridized carbons (Fsp3) is 0.357. The fourth-order valence-electron chi connectivity index (χ4n) is 5.01. The van der Waals surface area contributed by atoms with E-state index in [9.17, 15) is 5.11 Å². The molecule has 1 N–H and O–H groups in total. The lowest BCUT2D eigenvalue weighted by Crippen LogP contribution is -2.10. The summed E-state index contributed by atoms with van der Waals surface area (Å²) >= 11 is 0. The van der Waals surface area contributed by atoms with Crippen LogP contribution < -0.4 is 0 Å². The highest BCUT2D eigenvalue weighted by atomic mass is 16.3. The highest BCUT2D eigenvalue weighted by molar-refractivity contribution is 5.52. The molecule has 3 aromatic rings. The molecule has 0 heterocycles.